The summed E-state index contributed by atoms with van der Waals surface area (Å²) in [6.07, 6.45) is 0. The molecular weight excluding hydrogens is 362 g/mol. The Labute approximate surface area is 147 Å². The molecule has 1 aromatic rings. The van der Waals surface area contributed by atoms with Crippen molar-refractivity contribution in [1.82, 2.24) is 4.72 Å². The summed E-state index contributed by atoms with van der Waals surface area (Å²) in [7, 11) is 0. The summed E-state index contributed by atoms with van der Waals surface area (Å²) in [5.41, 5.74) is -3.99. The molecule has 0 aromatic heterocycles. The second-order valence-corrected chi connectivity index (χ2v) is 8.26. The van der Waals surface area contributed by atoms with Gasteiger partial charge in [-0.2, -0.15) is 8.78 Å². The van der Waals surface area contributed by atoms with Crippen molar-refractivity contribution in [3.8, 4) is 0 Å². The number of hydrogen-bond donors (Lipinski definition) is 1. The molecule has 1 aromatic carbocycles. The lowest BCUT2D eigenvalue weighted by atomic mass is 9.85. The molecule has 1 unspecified atom stereocenters. The SMILES string of the molecule is CCOC(=O)C(F)(F)C(CF)(N[S@+]([O-])C(C)(C)C)c1ccccc1F. The minimum absolute atomic E-state index is 0.379. The van der Waals surface area contributed by atoms with E-state index < -0.39 is 51.6 Å². The highest BCUT2D eigenvalue weighted by atomic mass is 32.2. The smallest absolute Gasteiger partial charge is 0.379 e. The molecule has 4 nitrogen and oxygen atoms in total. The number of esters is 1. The molecule has 0 radical (unpaired) electrons. The van der Waals surface area contributed by atoms with E-state index in [1.165, 1.54) is 39.8 Å². The van der Waals surface area contributed by atoms with Gasteiger partial charge in [-0.3, -0.25) is 0 Å². The first kappa shape index (κ1) is 21.7. The molecule has 142 valence electrons. The van der Waals surface area contributed by atoms with E-state index in [4.69, 9.17) is 0 Å². The van der Waals surface area contributed by atoms with Gasteiger partial charge in [-0.15, -0.1) is 4.72 Å². The van der Waals surface area contributed by atoms with Crippen molar-refractivity contribution < 1.29 is 31.6 Å². The number of halogens is 4. The van der Waals surface area contributed by atoms with Crippen molar-refractivity contribution in [2.75, 3.05) is 13.3 Å². The fourth-order valence-electron chi connectivity index (χ4n) is 1.99. The third-order valence-electron chi connectivity index (χ3n) is 3.43. The van der Waals surface area contributed by atoms with Gasteiger partial charge < -0.3 is 9.29 Å². The van der Waals surface area contributed by atoms with Crippen LogP contribution in [0.5, 0.6) is 0 Å². The molecule has 0 heterocycles. The standard InChI is InChI=1S/C16H21F4NO3S/c1-5-24-13(22)16(19,20)15(10-17,21-25(23)14(2,3)4)11-8-6-7-9-12(11)18/h6-9,21H,5,10H2,1-4H3/t15?,25-/m1/s1. The average Bonchev–Trinajstić information content (AvgIpc) is 2.52. The maximum absolute atomic E-state index is 14.9. The Kier molecular flexibility index (Phi) is 6.88. The molecule has 0 aliphatic rings. The topological polar surface area (TPSA) is 61.4 Å². The van der Waals surface area contributed by atoms with E-state index in [1.54, 1.807) is 0 Å². The van der Waals surface area contributed by atoms with E-state index in [-0.39, 0.29) is 6.61 Å². The van der Waals surface area contributed by atoms with Crippen LogP contribution in [0, 0.1) is 5.82 Å². The first-order valence-electron chi connectivity index (χ1n) is 7.49. The highest BCUT2D eigenvalue weighted by Gasteiger charge is 2.65. The molecule has 9 heteroatoms. The van der Waals surface area contributed by atoms with Crippen molar-refractivity contribution >= 4 is 17.3 Å². The first-order valence-corrected chi connectivity index (χ1v) is 8.64. The number of alkyl halides is 3. The Hall–Kier alpha value is -1.32. The predicted octanol–water partition coefficient (Wildman–Crippen LogP) is 3.24. The predicted molar refractivity (Wildman–Crippen MR) is 86.7 cm³/mol. The van der Waals surface area contributed by atoms with E-state index in [0.29, 0.717) is 0 Å². The van der Waals surface area contributed by atoms with Crippen LogP contribution in [-0.4, -0.2) is 34.5 Å². The van der Waals surface area contributed by atoms with E-state index in [1.807, 2.05) is 4.72 Å². The van der Waals surface area contributed by atoms with Crippen LogP contribution < -0.4 is 4.72 Å². The van der Waals surface area contributed by atoms with Gasteiger partial charge in [0.15, 0.2) is 5.54 Å². The van der Waals surface area contributed by atoms with E-state index >= 15 is 0 Å². The zero-order valence-electron chi connectivity index (χ0n) is 14.4. The van der Waals surface area contributed by atoms with Crippen LogP contribution >= 0.6 is 0 Å². The molecule has 0 aliphatic heterocycles. The Morgan fingerprint density at radius 3 is 2.28 bits per heavy atom. The van der Waals surface area contributed by atoms with Crippen molar-refractivity contribution in [3.63, 3.8) is 0 Å². The molecular formula is C16H21F4NO3S. The maximum Gasteiger partial charge on any atom is 0.379 e. The second-order valence-electron chi connectivity index (χ2n) is 6.30. The van der Waals surface area contributed by atoms with Gasteiger partial charge in [0, 0.05) is 16.9 Å². The van der Waals surface area contributed by atoms with Gasteiger partial charge in [0.2, 0.25) is 0 Å². The van der Waals surface area contributed by atoms with E-state index in [0.717, 1.165) is 12.1 Å². The lowest BCUT2D eigenvalue weighted by Crippen LogP contribution is -2.65. The Balaban J connectivity index is 3.59. The molecule has 2 atom stereocenters. The monoisotopic (exact) mass is 383 g/mol. The quantitative estimate of drug-likeness (QED) is 0.446. The molecule has 0 saturated carbocycles. The number of hydrogen-bond acceptors (Lipinski definition) is 4. The maximum atomic E-state index is 14.9. The Bertz CT molecular complexity index is 609. The Morgan fingerprint density at radius 1 is 1.28 bits per heavy atom. The number of carbonyl (C=O) groups is 1. The van der Waals surface area contributed by atoms with Gasteiger partial charge in [0.1, 0.15) is 17.2 Å². The van der Waals surface area contributed by atoms with Gasteiger partial charge in [-0.25, -0.2) is 13.6 Å². The normalized spacial score (nSPS) is 16.2. The summed E-state index contributed by atoms with van der Waals surface area (Å²) in [4.78, 5) is 11.8. The summed E-state index contributed by atoms with van der Waals surface area (Å²) in [5.74, 6) is -7.71. The highest BCUT2D eigenvalue weighted by Crippen LogP contribution is 2.42. The zero-order chi connectivity index (χ0) is 19.5. The number of rotatable bonds is 7. The van der Waals surface area contributed by atoms with Crippen LogP contribution in [0.15, 0.2) is 24.3 Å². The third-order valence-corrected chi connectivity index (χ3v) is 5.07. The van der Waals surface area contributed by atoms with Crippen LogP contribution in [0.2, 0.25) is 0 Å². The minimum Gasteiger partial charge on any atom is -0.598 e. The Morgan fingerprint density at radius 2 is 1.84 bits per heavy atom. The van der Waals surface area contributed by atoms with Crippen LogP contribution in [0.25, 0.3) is 0 Å². The molecule has 0 fully saturated rings. The van der Waals surface area contributed by atoms with Gasteiger partial charge in [-0.1, -0.05) is 18.2 Å². The molecule has 0 aliphatic carbocycles. The number of ether oxygens (including phenoxy) is 1. The minimum atomic E-state index is -4.51. The molecule has 0 saturated heterocycles. The third kappa shape index (κ3) is 4.27. The molecule has 0 bridgehead atoms. The fraction of sp³-hybridized carbons (Fsp3) is 0.562. The van der Waals surface area contributed by atoms with Gasteiger partial charge in [-0.05, 0) is 33.8 Å². The summed E-state index contributed by atoms with van der Waals surface area (Å²) in [6, 6.07) is 4.20. The van der Waals surface area contributed by atoms with Gasteiger partial charge >= 0.3 is 11.9 Å². The number of nitrogens with one attached hydrogen (secondary N) is 1. The lowest BCUT2D eigenvalue weighted by Gasteiger charge is -2.39. The highest BCUT2D eigenvalue weighted by molar-refractivity contribution is 7.90. The van der Waals surface area contributed by atoms with Crippen molar-refractivity contribution in [2.24, 2.45) is 0 Å². The lowest BCUT2D eigenvalue weighted by molar-refractivity contribution is -0.186. The summed E-state index contributed by atoms with van der Waals surface area (Å²) in [5, 5.41) is 0. The van der Waals surface area contributed by atoms with E-state index in [2.05, 4.69) is 4.74 Å². The largest absolute Gasteiger partial charge is 0.598 e. The molecule has 0 amide bonds. The van der Waals surface area contributed by atoms with Crippen molar-refractivity contribution in [3.05, 3.63) is 35.6 Å². The summed E-state index contributed by atoms with van der Waals surface area (Å²) >= 11 is -2.23. The molecule has 0 spiro atoms. The summed E-state index contributed by atoms with van der Waals surface area (Å²) < 4.78 is 75.5. The zero-order valence-corrected chi connectivity index (χ0v) is 15.2. The van der Waals surface area contributed by atoms with Crippen LogP contribution in [0.4, 0.5) is 17.6 Å². The van der Waals surface area contributed by atoms with Crippen LogP contribution in [-0.2, 0) is 26.4 Å². The van der Waals surface area contributed by atoms with Crippen LogP contribution in [0.1, 0.15) is 33.3 Å². The first-order chi connectivity index (χ1) is 11.4. The average molecular weight is 383 g/mol. The van der Waals surface area contributed by atoms with E-state index in [9.17, 15) is 26.9 Å². The van der Waals surface area contributed by atoms with Crippen LogP contribution in [0.3, 0.4) is 0 Å². The molecule has 1 N–H and O–H groups in total. The fourth-order valence-corrected chi connectivity index (χ4v) is 2.90. The number of carbonyl (C=O) groups excluding carboxylic acids is 1. The molecule has 1 rings (SSSR count). The number of benzene rings is 1. The van der Waals surface area contributed by atoms with Crippen molar-refractivity contribution in [2.45, 2.75) is 43.9 Å². The van der Waals surface area contributed by atoms with Gasteiger partial charge in [0.25, 0.3) is 0 Å². The molecule has 25 heavy (non-hydrogen) atoms. The second kappa shape index (κ2) is 7.92. The summed E-state index contributed by atoms with van der Waals surface area (Å²) in [6.45, 7) is 3.42. The van der Waals surface area contributed by atoms with Gasteiger partial charge in [0.05, 0.1) is 6.61 Å². The van der Waals surface area contributed by atoms with Crippen molar-refractivity contribution in [1.29, 1.82) is 0 Å².